The highest BCUT2D eigenvalue weighted by Gasteiger charge is 2.36. The van der Waals surface area contributed by atoms with E-state index in [1.54, 1.807) is 33.0 Å². The number of carbonyl (C=O) groups is 2. The average molecular weight is 651 g/mol. The van der Waals surface area contributed by atoms with Gasteiger partial charge < -0.3 is 29.4 Å². The molecule has 4 aromatic carbocycles. The van der Waals surface area contributed by atoms with Gasteiger partial charge in [-0.15, -0.1) is 0 Å². The fraction of sp³-hybridized carbons (Fsp3) is 0.282. The largest absolute Gasteiger partial charge is 0.489 e. The molecule has 0 saturated carbocycles. The van der Waals surface area contributed by atoms with Gasteiger partial charge in [0, 0.05) is 24.1 Å². The van der Waals surface area contributed by atoms with E-state index < -0.39 is 29.6 Å². The minimum atomic E-state index is -1.83. The second-order valence-electron chi connectivity index (χ2n) is 12.7. The number of ether oxygens (including phenoxy) is 4. The van der Waals surface area contributed by atoms with Gasteiger partial charge >= 0.3 is 12.2 Å². The smallest absolute Gasteiger partial charge is 0.418 e. The van der Waals surface area contributed by atoms with Crippen molar-refractivity contribution in [2.45, 2.75) is 71.4 Å². The summed E-state index contributed by atoms with van der Waals surface area (Å²) in [5, 5.41) is 15.2. The lowest BCUT2D eigenvalue weighted by atomic mass is 9.99. The number of nitrogens with one attached hydrogen (secondary N) is 1. The summed E-state index contributed by atoms with van der Waals surface area (Å²) in [6.07, 6.45) is 0.467. The number of benzene rings is 4. The number of nitrogens with zero attached hydrogens (tertiary/aromatic N) is 1. The number of fused-ring (bicyclic) bond motifs is 1. The maximum absolute atomic E-state index is 13.5. The summed E-state index contributed by atoms with van der Waals surface area (Å²) in [6.45, 7) is 7.33. The van der Waals surface area contributed by atoms with Crippen LogP contribution in [0.5, 0.6) is 5.75 Å². The summed E-state index contributed by atoms with van der Waals surface area (Å²) >= 11 is 0. The molecule has 5 aromatic rings. The van der Waals surface area contributed by atoms with Gasteiger partial charge in [0.2, 0.25) is 0 Å². The van der Waals surface area contributed by atoms with E-state index in [0.717, 1.165) is 16.7 Å². The van der Waals surface area contributed by atoms with Crippen molar-refractivity contribution in [1.82, 2.24) is 9.88 Å². The molecule has 0 radical (unpaired) electrons. The standard InChI is InChI=1S/C39H42N2O7/c1-38(2,3)48-36(42)40-35(39(4,44)47-27-30-18-12-7-13-19-30)22-31-24-41(37(43)46-26-29-16-10-6-11-17-29)34-23-32(20-21-33(31)34)45-25-28-14-8-5-9-15-28/h5-21,23-24,35,44H,22,25-27H2,1-4H3,(H,40,42)/t35-,39?/m0/s1. The molecule has 1 amide bonds. The van der Waals surface area contributed by atoms with Crippen LogP contribution in [0.4, 0.5) is 9.59 Å². The molecule has 0 spiro atoms. The zero-order valence-corrected chi connectivity index (χ0v) is 27.7. The van der Waals surface area contributed by atoms with E-state index in [0.29, 0.717) is 28.8 Å². The van der Waals surface area contributed by atoms with Crippen molar-refractivity contribution >= 4 is 23.1 Å². The lowest BCUT2D eigenvalue weighted by molar-refractivity contribution is -0.215. The van der Waals surface area contributed by atoms with Crippen molar-refractivity contribution in [3.05, 3.63) is 138 Å². The van der Waals surface area contributed by atoms with E-state index in [1.807, 2.05) is 103 Å². The van der Waals surface area contributed by atoms with Gasteiger partial charge in [0.25, 0.3) is 0 Å². The predicted molar refractivity (Wildman–Crippen MR) is 183 cm³/mol. The molecule has 250 valence electrons. The minimum Gasteiger partial charge on any atom is -0.489 e. The molecule has 9 nitrogen and oxygen atoms in total. The summed E-state index contributed by atoms with van der Waals surface area (Å²) in [5.41, 5.74) is 3.16. The second kappa shape index (κ2) is 15.2. The zero-order chi connectivity index (χ0) is 34.1. The number of hydrogen-bond acceptors (Lipinski definition) is 7. The average Bonchev–Trinajstić information content (AvgIpc) is 3.43. The zero-order valence-electron chi connectivity index (χ0n) is 27.7. The first-order valence-corrected chi connectivity index (χ1v) is 15.9. The quantitative estimate of drug-likeness (QED) is 0.133. The summed E-state index contributed by atoms with van der Waals surface area (Å²) in [5.74, 6) is -1.26. The Morgan fingerprint density at radius 2 is 1.33 bits per heavy atom. The van der Waals surface area contributed by atoms with Gasteiger partial charge in [0.05, 0.1) is 18.2 Å². The maximum Gasteiger partial charge on any atom is 0.418 e. The lowest BCUT2D eigenvalue weighted by Crippen LogP contribution is -2.54. The van der Waals surface area contributed by atoms with E-state index in [2.05, 4.69) is 5.32 Å². The van der Waals surface area contributed by atoms with Gasteiger partial charge in [-0.2, -0.15) is 0 Å². The van der Waals surface area contributed by atoms with Crippen LogP contribution in [-0.2, 0) is 40.5 Å². The number of alkyl carbamates (subject to hydrolysis) is 1. The Labute approximate surface area is 281 Å². The summed E-state index contributed by atoms with van der Waals surface area (Å²) in [4.78, 5) is 26.6. The molecule has 1 unspecified atom stereocenters. The first-order chi connectivity index (χ1) is 23.0. The van der Waals surface area contributed by atoms with E-state index in [-0.39, 0.29) is 19.6 Å². The van der Waals surface area contributed by atoms with Crippen molar-refractivity contribution in [3.63, 3.8) is 0 Å². The van der Waals surface area contributed by atoms with E-state index >= 15 is 0 Å². The van der Waals surface area contributed by atoms with E-state index in [9.17, 15) is 14.7 Å². The van der Waals surface area contributed by atoms with Gasteiger partial charge in [-0.3, -0.25) is 4.57 Å². The molecular formula is C39H42N2O7. The van der Waals surface area contributed by atoms with Gasteiger partial charge in [-0.25, -0.2) is 9.59 Å². The second-order valence-corrected chi connectivity index (χ2v) is 12.7. The third-order valence-electron chi connectivity index (χ3n) is 7.65. The Morgan fingerprint density at radius 1 is 0.771 bits per heavy atom. The molecule has 2 atom stereocenters. The van der Waals surface area contributed by atoms with Crippen LogP contribution in [0.25, 0.3) is 10.9 Å². The van der Waals surface area contributed by atoms with Gasteiger partial charge in [-0.1, -0.05) is 91.0 Å². The Morgan fingerprint density at radius 3 is 1.92 bits per heavy atom. The molecular weight excluding hydrogens is 608 g/mol. The number of carbonyl (C=O) groups excluding carboxylic acids is 2. The van der Waals surface area contributed by atoms with Crippen molar-refractivity contribution in [2.24, 2.45) is 0 Å². The molecule has 1 heterocycles. The summed E-state index contributed by atoms with van der Waals surface area (Å²) in [6, 6.07) is 33.1. The van der Waals surface area contributed by atoms with Crippen LogP contribution in [0, 0.1) is 0 Å². The van der Waals surface area contributed by atoms with Crippen LogP contribution < -0.4 is 10.1 Å². The fourth-order valence-electron chi connectivity index (χ4n) is 5.16. The Kier molecular flexibility index (Phi) is 10.8. The molecule has 2 N–H and O–H groups in total. The van der Waals surface area contributed by atoms with E-state index in [1.165, 1.54) is 11.5 Å². The van der Waals surface area contributed by atoms with Crippen LogP contribution in [0.3, 0.4) is 0 Å². The van der Waals surface area contributed by atoms with Crippen molar-refractivity contribution in [3.8, 4) is 5.75 Å². The Balaban J connectivity index is 1.46. The lowest BCUT2D eigenvalue weighted by Gasteiger charge is -2.34. The monoisotopic (exact) mass is 650 g/mol. The van der Waals surface area contributed by atoms with E-state index in [4.69, 9.17) is 18.9 Å². The topological polar surface area (TPSA) is 108 Å². The molecule has 9 heteroatoms. The molecule has 0 bridgehead atoms. The highest BCUT2D eigenvalue weighted by molar-refractivity contribution is 5.93. The van der Waals surface area contributed by atoms with Crippen LogP contribution in [0.1, 0.15) is 49.9 Å². The maximum atomic E-state index is 13.5. The number of rotatable bonds is 12. The molecule has 0 aliphatic rings. The minimum absolute atomic E-state index is 0.0870. The van der Waals surface area contributed by atoms with Crippen LogP contribution in [0.15, 0.2) is 115 Å². The van der Waals surface area contributed by atoms with Crippen LogP contribution in [-0.4, -0.2) is 39.3 Å². The molecule has 0 aliphatic heterocycles. The number of amides is 1. The first-order valence-electron chi connectivity index (χ1n) is 15.9. The predicted octanol–water partition coefficient (Wildman–Crippen LogP) is 7.77. The van der Waals surface area contributed by atoms with Gasteiger partial charge in [0.1, 0.15) is 24.6 Å². The summed E-state index contributed by atoms with van der Waals surface area (Å²) in [7, 11) is 0. The number of hydrogen-bond donors (Lipinski definition) is 2. The highest BCUT2D eigenvalue weighted by Crippen LogP contribution is 2.30. The van der Waals surface area contributed by atoms with Gasteiger partial charge in [-0.05, 0) is 62.1 Å². The van der Waals surface area contributed by atoms with Crippen molar-refractivity contribution in [2.75, 3.05) is 0 Å². The fourth-order valence-corrected chi connectivity index (χ4v) is 5.16. The third kappa shape index (κ3) is 9.47. The van der Waals surface area contributed by atoms with Crippen molar-refractivity contribution in [1.29, 1.82) is 0 Å². The molecule has 5 rings (SSSR count). The van der Waals surface area contributed by atoms with Crippen LogP contribution in [0.2, 0.25) is 0 Å². The van der Waals surface area contributed by atoms with Crippen molar-refractivity contribution < 1.29 is 33.6 Å². The number of aromatic nitrogens is 1. The molecule has 0 saturated heterocycles. The SMILES string of the molecule is CC(C)(C)OC(=O)N[C@@H](Cc1cn(C(=O)OCc2ccccc2)c2cc(OCc3ccccc3)ccc12)C(C)(O)OCc1ccccc1. The van der Waals surface area contributed by atoms with Crippen LogP contribution >= 0.6 is 0 Å². The van der Waals surface area contributed by atoms with Gasteiger partial charge in [0.15, 0.2) is 5.79 Å². The Hall–Kier alpha value is -5.12. The number of aliphatic hydroxyl groups is 1. The summed E-state index contributed by atoms with van der Waals surface area (Å²) < 4.78 is 24.7. The molecule has 0 aliphatic carbocycles. The highest BCUT2D eigenvalue weighted by atomic mass is 16.6. The normalized spacial score (nSPS) is 13.4. The first kappa shape index (κ1) is 34.2. The third-order valence-corrected chi connectivity index (χ3v) is 7.65. The molecule has 0 fully saturated rings. The molecule has 48 heavy (non-hydrogen) atoms. The molecule has 1 aromatic heterocycles. The Bertz CT molecular complexity index is 1800.